The van der Waals surface area contributed by atoms with E-state index in [1.165, 1.54) is 0 Å². The lowest BCUT2D eigenvalue weighted by Crippen LogP contribution is -2.43. The SMILES string of the molecule is C[Si](C)(C)c1c(F)cc(Br)c(C(=O)O)c1F. The van der Waals surface area contributed by atoms with E-state index in [0.29, 0.717) is 0 Å². The van der Waals surface area contributed by atoms with E-state index < -0.39 is 31.2 Å². The van der Waals surface area contributed by atoms with Crippen molar-refractivity contribution in [2.45, 2.75) is 19.6 Å². The van der Waals surface area contributed by atoms with Gasteiger partial charge in [-0.05, 0) is 22.0 Å². The number of benzene rings is 1. The molecule has 0 aliphatic heterocycles. The molecule has 0 amide bonds. The lowest BCUT2D eigenvalue weighted by molar-refractivity contribution is 0.0691. The van der Waals surface area contributed by atoms with Gasteiger partial charge in [0.25, 0.3) is 0 Å². The van der Waals surface area contributed by atoms with Crippen LogP contribution in [0.25, 0.3) is 0 Å². The van der Waals surface area contributed by atoms with Crippen LogP contribution in [0.2, 0.25) is 19.6 Å². The van der Waals surface area contributed by atoms with Crippen molar-refractivity contribution in [3.8, 4) is 0 Å². The van der Waals surface area contributed by atoms with Gasteiger partial charge in [-0.25, -0.2) is 13.6 Å². The minimum atomic E-state index is -2.26. The highest BCUT2D eigenvalue weighted by atomic mass is 79.9. The standard InChI is InChI=1S/C10H11BrF2O2Si/c1-16(2,3)9-6(12)4-5(11)7(8(9)13)10(14)15/h4H,1-3H3,(H,14,15). The first-order chi connectivity index (χ1) is 7.16. The second-order valence-corrected chi connectivity index (χ2v) is 10.3. The molecule has 0 aliphatic rings. The number of carboxylic acids is 1. The summed E-state index contributed by atoms with van der Waals surface area (Å²) < 4.78 is 27.5. The van der Waals surface area contributed by atoms with Crippen LogP contribution >= 0.6 is 15.9 Å². The Morgan fingerprint density at radius 2 is 1.88 bits per heavy atom. The molecule has 1 rings (SSSR count). The second-order valence-electron chi connectivity index (χ2n) is 4.46. The van der Waals surface area contributed by atoms with E-state index in [4.69, 9.17) is 5.11 Å². The van der Waals surface area contributed by atoms with Gasteiger partial charge in [0.05, 0.1) is 8.07 Å². The van der Waals surface area contributed by atoms with Crippen LogP contribution in [0.1, 0.15) is 10.4 Å². The lowest BCUT2D eigenvalue weighted by atomic mass is 10.2. The van der Waals surface area contributed by atoms with Gasteiger partial charge in [0, 0.05) is 9.66 Å². The van der Waals surface area contributed by atoms with Gasteiger partial charge in [-0.3, -0.25) is 0 Å². The molecule has 0 saturated heterocycles. The van der Waals surface area contributed by atoms with Crippen molar-refractivity contribution in [3.63, 3.8) is 0 Å². The molecule has 0 spiro atoms. The first kappa shape index (κ1) is 13.3. The molecule has 0 fully saturated rings. The van der Waals surface area contributed by atoms with Crippen LogP contribution in [-0.4, -0.2) is 19.1 Å². The van der Waals surface area contributed by atoms with Crippen molar-refractivity contribution in [2.24, 2.45) is 0 Å². The molecule has 0 radical (unpaired) electrons. The maximum Gasteiger partial charge on any atom is 0.339 e. The molecule has 2 nitrogen and oxygen atoms in total. The molecule has 0 atom stereocenters. The van der Waals surface area contributed by atoms with Crippen LogP contribution in [0.4, 0.5) is 8.78 Å². The third-order valence-electron chi connectivity index (χ3n) is 2.13. The molecule has 16 heavy (non-hydrogen) atoms. The van der Waals surface area contributed by atoms with Gasteiger partial charge in [0.15, 0.2) is 0 Å². The lowest BCUT2D eigenvalue weighted by Gasteiger charge is -2.19. The van der Waals surface area contributed by atoms with E-state index in [9.17, 15) is 13.6 Å². The summed E-state index contributed by atoms with van der Waals surface area (Å²) in [5, 5.41) is 8.77. The molecular formula is C10H11BrF2O2Si. The predicted octanol–water partition coefficient (Wildman–Crippen LogP) is 2.97. The maximum atomic E-state index is 13.9. The van der Waals surface area contributed by atoms with Crippen molar-refractivity contribution in [1.29, 1.82) is 0 Å². The van der Waals surface area contributed by atoms with Crippen LogP contribution in [-0.2, 0) is 0 Å². The zero-order valence-electron chi connectivity index (χ0n) is 9.07. The Kier molecular flexibility index (Phi) is 3.54. The number of carbonyl (C=O) groups is 1. The Hall–Kier alpha value is -0.753. The zero-order valence-corrected chi connectivity index (χ0v) is 11.7. The van der Waals surface area contributed by atoms with Gasteiger partial charge >= 0.3 is 5.97 Å². The third kappa shape index (κ3) is 2.32. The fraction of sp³-hybridized carbons (Fsp3) is 0.300. The van der Waals surface area contributed by atoms with Crippen molar-refractivity contribution < 1.29 is 18.7 Å². The molecule has 6 heteroatoms. The Labute approximate surface area is 101 Å². The fourth-order valence-corrected chi connectivity index (χ4v) is 3.59. The zero-order chi connectivity index (χ0) is 12.7. The minimum Gasteiger partial charge on any atom is -0.478 e. The first-order valence-electron chi connectivity index (χ1n) is 4.57. The third-order valence-corrected chi connectivity index (χ3v) is 4.72. The van der Waals surface area contributed by atoms with Gasteiger partial charge in [0.1, 0.15) is 17.2 Å². The fourth-order valence-electron chi connectivity index (χ4n) is 1.47. The summed E-state index contributed by atoms with van der Waals surface area (Å²) in [6.07, 6.45) is 0. The molecule has 0 saturated carbocycles. The van der Waals surface area contributed by atoms with Gasteiger partial charge in [-0.2, -0.15) is 0 Å². The normalized spacial score (nSPS) is 11.6. The Balaban J connectivity index is 3.65. The smallest absolute Gasteiger partial charge is 0.339 e. The highest BCUT2D eigenvalue weighted by Gasteiger charge is 2.30. The van der Waals surface area contributed by atoms with Gasteiger partial charge in [-0.1, -0.05) is 19.6 Å². The molecule has 0 aliphatic carbocycles. The van der Waals surface area contributed by atoms with Crippen molar-refractivity contribution in [3.05, 3.63) is 27.7 Å². The number of aromatic carboxylic acids is 1. The van der Waals surface area contributed by atoms with E-state index in [1.54, 1.807) is 19.6 Å². The van der Waals surface area contributed by atoms with Crippen LogP contribution in [0.5, 0.6) is 0 Å². The van der Waals surface area contributed by atoms with Gasteiger partial charge in [-0.15, -0.1) is 0 Å². The van der Waals surface area contributed by atoms with E-state index in [-0.39, 0.29) is 9.66 Å². The van der Waals surface area contributed by atoms with Crippen LogP contribution in [0.15, 0.2) is 10.5 Å². The molecule has 0 heterocycles. The van der Waals surface area contributed by atoms with Crippen LogP contribution < -0.4 is 5.19 Å². The molecule has 0 unspecified atom stereocenters. The van der Waals surface area contributed by atoms with E-state index in [0.717, 1.165) is 6.07 Å². The average Bonchev–Trinajstić information content (AvgIpc) is 1.97. The van der Waals surface area contributed by atoms with Crippen molar-refractivity contribution >= 4 is 35.2 Å². The molecule has 0 bridgehead atoms. The van der Waals surface area contributed by atoms with E-state index in [1.807, 2.05) is 0 Å². The second kappa shape index (κ2) is 4.25. The molecule has 1 aromatic rings. The van der Waals surface area contributed by atoms with Gasteiger partial charge in [0.2, 0.25) is 0 Å². The number of hydrogen-bond acceptors (Lipinski definition) is 1. The van der Waals surface area contributed by atoms with Crippen LogP contribution in [0.3, 0.4) is 0 Å². The number of hydrogen-bond donors (Lipinski definition) is 1. The monoisotopic (exact) mass is 308 g/mol. The quantitative estimate of drug-likeness (QED) is 0.853. The summed E-state index contributed by atoms with van der Waals surface area (Å²) in [4.78, 5) is 10.9. The molecule has 1 N–H and O–H groups in total. The summed E-state index contributed by atoms with van der Waals surface area (Å²) in [5.74, 6) is -3.05. The summed E-state index contributed by atoms with van der Waals surface area (Å²) in [6.45, 7) is 5.27. The average molecular weight is 309 g/mol. The Bertz CT molecular complexity index is 455. The Morgan fingerprint density at radius 1 is 1.38 bits per heavy atom. The van der Waals surface area contributed by atoms with Crippen LogP contribution in [0, 0.1) is 11.6 Å². The van der Waals surface area contributed by atoms with Gasteiger partial charge < -0.3 is 5.11 Å². The number of carboxylic acid groups (broad SMARTS) is 1. The molecule has 1 aromatic carbocycles. The van der Waals surface area contributed by atoms with Crippen molar-refractivity contribution in [2.75, 3.05) is 0 Å². The highest BCUT2D eigenvalue weighted by molar-refractivity contribution is 9.10. The summed E-state index contributed by atoms with van der Waals surface area (Å²) >= 11 is 2.85. The number of rotatable bonds is 2. The predicted molar refractivity (Wildman–Crippen MR) is 64.0 cm³/mol. The summed E-state index contributed by atoms with van der Waals surface area (Å²) in [6, 6.07) is 1.01. The topological polar surface area (TPSA) is 37.3 Å². The summed E-state index contributed by atoms with van der Waals surface area (Å²) in [5.41, 5.74) is -0.501. The maximum absolute atomic E-state index is 13.9. The largest absolute Gasteiger partial charge is 0.478 e. The molecule has 88 valence electrons. The minimum absolute atomic E-state index is 0.0722. The first-order valence-corrected chi connectivity index (χ1v) is 8.87. The molecule has 0 aromatic heterocycles. The Morgan fingerprint density at radius 3 is 2.25 bits per heavy atom. The number of halogens is 3. The molecular weight excluding hydrogens is 298 g/mol. The van der Waals surface area contributed by atoms with Crippen molar-refractivity contribution in [1.82, 2.24) is 0 Å². The highest BCUT2D eigenvalue weighted by Crippen LogP contribution is 2.22. The van der Waals surface area contributed by atoms with E-state index in [2.05, 4.69) is 15.9 Å². The summed E-state index contributed by atoms with van der Waals surface area (Å²) in [7, 11) is -2.26. The van der Waals surface area contributed by atoms with E-state index >= 15 is 0 Å².